The van der Waals surface area contributed by atoms with Gasteiger partial charge in [0.25, 0.3) is 0 Å². The Kier molecular flexibility index (Phi) is 8.33. The summed E-state index contributed by atoms with van der Waals surface area (Å²) in [6.45, 7) is 4.20. The summed E-state index contributed by atoms with van der Waals surface area (Å²) in [5, 5.41) is 3.08. The van der Waals surface area contributed by atoms with E-state index in [9.17, 15) is 13.2 Å². The number of carbonyl (C=O) groups is 1. The maximum absolute atomic E-state index is 12.7. The van der Waals surface area contributed by atoms with Crippen LogP contribution in [0.2, 0.25) is 10.0 Å². The molecule has 0 aliphatic carbocycles. The second kappa shape index (κ2) is 9.47. The Morgan fingerprint density at radius 2 is 1.91 bits per heavy atom. The maximum Gasteiger partial charge on any atom is 0.245 e. The Morgan fingerprint density at radius 1 is 1.22 bits per heavy atom. The molecule has 0 aliphatic rings. The van der Waals surface area contributed by atoms with E-state index >= 15 is 0 Å². The van der Waals surface area contributed by atoms with Gasteiger partial charge in [-0.3, -0.25) is 4.79 Å². The first kappa shape index (κ1) is 20.2. The van der Waals surface area contributed by atoms with Crippen LogP contribution in [-0.2, 0) is 14.8 Å². The summed E-state index contributed by atoms with van der Waals surface area (Å²) in [5.41, 5.74) is 0. The predicted molar refractivity (Wildman–Crippen MR) is 93.4 cm³/mol. The van der Waals surface area contributed by atoms with E-state index in [1.54, 1.807) is 6.92 Å². The van der Waals surface area contributed by atoms with E-state index in [0.29, 0.717) is 6.54 Å². The summed E-state index contributed by atoms with van der Waals surface area (Å²) in [6, 6.07) is 4.23. The number of benzene rings is 1. The summed E-state index contributed by atoms with van der Waals surface area (Å²) in [7, 11) is -3.88. The van der Waals surface area contributed by atoms with Crippen LogP contribution in [0.1, 0.15) is 33.1 Å². The summed E-state index contributed by atoms with van der Waals surface area (Å²) in [6.07, 6.45) is 2.95. The lowest BCUT2D eigenvalue weighted by Crippen LogP contribution is -2.40. The highest BCUT2D eigenvalue weighted by Crippen LogP contribution is 2.27. The zero-order chi connectivity index (χ0) is 17.5. The van der Waals surface area contributed by atoms with Crippen LogP contribution >= 0.6 is 23.2 Å². The highest BCUT2D eigenvalue weighted by molar-refractivity contribution is 7.89. The fraction of sp³-hybridized carbons (Fsp3) is 0.533. The van der Waals surface area contributed by atoms with Crippen molar-refractivity contribution in [2.24, 2.45) is 0 Å². The average molecular weight is 381 g/mol. The molecule has 1 amide bonds. The van der Waals surface area contributed by atoms with Crippen molar-refractivity contribution in [1.29, 1.82) is 0 Å². The van der Waals surface area contributed by atoms with E-state index in [4.69, 9.17) is 23.2 Å². The van der Waals surface area contributed by atoms with Crippen molar-refractivity contribution in [1.82, 2.24) is 9.62 Å². The van der Waals surface area contributed by atoms with E-state index in [1.165, 1.54) is 18.2 Å². The first-order chi connectivity index (χ1) is 10.8. The Labute approximate surface area is 148 Å². The van der Waals surface area contributed by atoms with Crippen molar-refractivity contribution in [2.45, 2.75) is 38.0 Å². The van der Waals surface area contributed by atoms with E-state index < -0.39 is 10.0 Å². The second-order valence-electron chi connectivity index (χ2n) is 5.06. The molecule has 0 bridgehead atoms. The van der Waals surface area contributed by atoms with Crippen molar-refractivity contribution in [3.8, 4) is 0 Å². The van der Waals surface area contributed by atoms with E-state index in [2.05, 4.69) is 12.2 Å². The SMILES string of the molecule is CCCCCNC(=O)CN(CC)S(=O)(=O)c1cc(Cl)ccc1Cl. The first-order valence-corrected chi connectivity index (χ1v) is 9.74. The van der Waals surface area contributed by atoms with E-state index in [0.717, 1.165) is 23.6 Å². The molecule has 5 nitrogen and oxygen atoms in total. The highest BCUT2D eigenvalue weighted by Gasteiger charge is 2.27. The largest absolute Gasteiger partial charge is 0.355 e. The number of unbranched alkanes of at least 4 members (excludes halogenated alkanes) is 2. The number of halogens is 2. The minimum atomic E-state index is -3.88. The van der Waals surface area contributed by atoms with Gasteiger partial charge in [0.15, 0.2) is 0 Å². The summed E-state index contributed by atoms with van der Waals surface area (Å²) in [4.78, 5) is 11.8. The molecular weight excluding hydrogens is 359 g/mol. The highest BCUT2D eigenvalue weighted by atomic mass is 35.5. The van der Waals surface area contributed by atoms with Crippen molar-refractivity contribution in [3.63, 3.8) is 0 Å². The number of nitrogens with zero attached hydrogens (tertiary/aromatic N) is 1. The Bertz CT molecular complexity index is 636. The number of hydrogen-bond acceptors (Lipinski definition) is 3. The molecule has 0 saturated carbocycles. The van der Waals surface area contributed by atoms with Crippen LogP contribution in [0.4, 0.5) is 0 Å². The van der Waals surface area contributed by atoms with Crippen LogP contribution in [0.15, 0.2) is 23.1 Å². The van der Waals surface area contributed by atoms with Gasteiger partial charge in [0, 0.05) is 18.1 Å². The van der Waals surface area contributed by atoms with Gasteiger partial charge in [-0.15, -0.1) is 0 Å². The molecule has 0 fully saturated rings. The van der Waals surface area contributed by atoms with Gasteiger partial charge in [0.1, 0.15) is 4.90 Å². The third-order valence-electron chi connectivity index (χ3n) is 3.29. The first-order valence-electron chi connectivity index (χ1n) is 7.54. The molecule has 1 aromatic carbocycles. The summed E-state index contributed by atoms with van der Waals surface area (Å²) in [5.74, 6) is -0.329. The lowest BCUT2D eigenvalue weighted by molar-refractivity contribution is -0.121. The van der Waals surface area contributed by atoms with Gasteiger partial charge < -0.3 is 5.32 Å². The van der Waals surface area contributed by atoms with Crippen molar-refractivity contribution in [2.75, 3.05) is 19.6 Å². The van der Waals surface area contributed by atoms with E-state index in [-0.39, 0.29) is 33.9 Å². The maximum atomic E-state index is 12.7. The molecule has 0 spiro atoms. The lowest BCUT2D eigenvalue weighted by atomic mass is 10.2. The molecule has 130 valence electrons. The standard InChI is InChI=1S/C15H22Cl2N2O3S/c1-3-5-6-9-18-15(20)11-19(4-2)23(21,22)14-10-12(16)7-8-13(14)17/h7-8,10H,3-6,9,11H2,1-2H3,(H,18,20). The molecule has 0 unspecified atom stereocenters. The van der Waals surface area contributed by atoms with Crippen LogP contribution in [0, 0.1) is 0 Å². The van der Waals surface area contributed by atoms with Gasteiger partial charge in [0.05, 0.1) is 11.6 Å². The Hall–Kier alpha value is -0.820. The monoisotopic (exact) mass is 380 g/mol. The molecule has 0 radical (unpaired) electrons. The van der Waals surface area contributed by atoms with Crippen LogP contribution in [-0.4, -0.2) is 38.3 Å². The minimum Gasteiger partial charge on any atom is -0.355 e. The topological polar surface area (TPSA) is 66.5 Å². The number of hydrogen-bond donors (Lipinski definition) is 1. The molecule has 8 heteroatoms. The normalized spacial score (nSPS) is 11.7. The minimum absolute atomic E-state index is 0.0798. The smallest absolute Gasteiger partial charge is 0.245 e. The van der Waals surface area contributed by atoms with Crippen molar-refractivity contribution < 1.29 is 13.2 Å². The van der Waals surface area contributed by atoms with Gasteiger partial charge in [-0.25, -0.2) is 8.42 Å². The van der Waals surface area contributed by atoms with Crippen LogP contribution in [0.5, 0.6) is 0 Å². The number of sulfonamides is 1. The third kappa shape index (κ3) is 5.95. The van der Waals surface area contributed by atoms with Crippen molar-refractivity contribution in [3.05, 3.63) is 28.2 Å². The molecule has 0 aromatic heterocycles. The van der Waals surface area contributed by atoms with Gasteiger partial charge in [-0.2, -0.15) is 4.31 Å². The fourth-order valence-corrected chi connectivity index (χ4v) is 4.14. The van der Waals surface area contributed by atoms with E-state index in [1.807, 2.05) is 0 Å². The Morgan fingerprint density at radius 3 is 2.52 bits per heavy atom. The zero-order valence-corrected chi connectivity index (χ0v) is 15.6. The molecule has 0 aliphatic heterocycles. The summed E-state index contributed by atoms with van der Waals surface area (Å²) < 4.78 is 26.4. The number of carbonyl (C=O) groups excluding carboxylic acids is 1. The second-order valence-corrected chi connectivity index (χ2v) is 7.81. The average Bonchev–Trinajstić information content (AvgIpc) is 2.51. The predicted octanol–water partition coefficient (Wildman–Crippen LogP) is 3.31. The molecule has 23 heavy (non-hydrogen) atoms. The molecule has 1 rings (SSSR count). The molecule has 0 atom stereocenters. The van der Waals surface area contributed by atoms with Gasteiger partial charge in [0.2, 0.25) is 15.9 Å². The van der Waals surface area contributed by atoms with Gasteiger partial charge >= 0.3 is 0 Å². The fourth-order valence-electron chi connectivity index (χ4n) is 2.00. The van der Waals surface area contributed by atoms with Crippen LogP contribution in [0.3, 0.4) is 0 Å². The number of amides is 1. The number of likely N-dealkylation sites (N-methyl/N-ethyl adjacent to an activating group) is 1. The zero-order valence-electron chi connectivity index (χ0n) is 13.3. The van der Waals surface area contributed by atoms with Crippen LogP contribution in [0.25, 0.3) is 0 Å². The molecule has 1 N–H and O–H groups in total. The van der Waals surface area contributed by atoms with Crippen molar-refractivity contribution >= 4 is 39.1 Å². The third-order valence-corrected chi connectivity index (χ3v) is 5.92. The number of nitrogens with one attached hydrogen (secondary N) is 1. The molecular formula is C15H22Cl2N2O3S. The number of rotatable bonds is 9. The molecule has 0 saturated heterocycles. The summed E-state index contributed by atoms with van der Waals surface area (Å²) >= 11 is 11.8. The van der Waals surface area contributed by atoms with Crippen LogP contribution < -0.4 is 5.32 Å². The molecule has 0 heterocycles. The van der Waals surface area contributed by atoms with Gasteiger partial charge in [-0.1, -0.05) is 49.9 Å². The Balaban J connectivity index is 2.83. The molecule has 1 aromatic rings. The lowest BCUT2D eigenvalue weighted by Gasteiger charge is -2.20. The quantitative estimate of drug-likeness (QED) is 0.668. The van der Waals surface area contributed by atoms with Gasteiger partial charge in [-0.05, 0) is 24.6 Å².